The van der Waals surface area contributed by atoms with Crippen molar-refractivity contribution in [1.29, 1.82) is 0 Å². The number of allylic oxidation sites excluding steroid dienone is 1. The maximum Gasteiger partial charge on any atom is 0.234 e. The SMILES string of the molecule is C=CCn1c(SCC(=O)Nc2ccc(F)cc2F)nnc1-c1cccc(OC)c1. The minimum atomic E-state index is -0.835. The zero-order valence-electron chi connectivity index (χ0n) is 15.6. The van der Waals surface area contributed by atoms with Gasteiger partial charge >= 0.3 is 0 Å². The molecule has 0 atom stereocenters. The van der Waals surface area contributed by atoms with Crippen molar-refractivity contribution in [1.82, 2.24) is 14.8 Å². The summed E-state index contributed by atoms with van der Waals surface area (Å²) >= 11 is 1.15. The number of ether oxygens (including phenoxy) is 1. The molecule has 1 N–H and O–H groups in total. The van der Waals surface area contributed by atoms with Gasteiger partial charge in [0.2, 0.25) is 5.91 Å². The fraction of sp³-hybridized carbons (Fsp3) is 0.150. The van der Waals surface area contributed by atoms with Crippen molar-refractivity contribution >= 4 is 23.4 Å². The molecule has 0 aliphatic rings. The monoisotopic (exact) mass is 416 g/mol. The average molecular weight is 416 g/mol. The largest absolute Gasteiger partial charge is 0.497 e. The summed E-state index contributed by atoms with van der Waals surface area (Å²) in [6.07, 6.45) is 1.70. The molecule has 29 heavy (non-hydrogen) atoms. The molecule has 0 aliphatic carbocycles. The number of hydrogen-bond acceptors (Lipinski definition) is 5. The Labute approximate surface area is 170 Å². The predicted octanol–water partition coefficient (Wildman–Crippen LogP) is 4.15. The number of benzene rings is 2. The third-order valence-electron chi connectivity index (χ3n) is 3.89. The second-order valence-corrected chi connectivity index (χ2v) is 6.84. The van der Waals surface area contributed by atoms with Crippen LogP contribution < -0.4 is 10.1 Å². The van der Waals surface area contributed by atoms with Gasteiger partial charge in [-0.1, -0.05) is 30.0 Å². The van der Waals surface area contributed by atoms with Crippen molar-refractivity contribution in [2.45, 2.75) is 11.7 Å². The molecule has 1 aromatic heterocycles. The van der Waals surface area contributed by atoms with E-state index in [4.69, 9.17) is 4.74 Å². The van der Waals surface area contributed by atoms with Crippen LogP contribution in [0.4, 0.5) is 14.5 Å². The summed E-state index contributed by atoms with van der Waals surface area (Å²) in [5.74, 6) is -0.723. The van der Waals surface area contributed by atoms with E-state index in [0.717, 1.165) is 23.4 Å². The lowest BCUT2D eigenvalue weighted by Crippen LogP contribution is -2.15. The lowest BCUT2D eigenvalue weighted by molar-refractivity contribution is -0.113. The van der Waals surface area contributed by atoms with Crippen LogP contribution >= 0.6 is 11.8 Å². The van der Waals surface area contributed by atoms with Gasteiger partial charge in [0.1, 0.15) is 17.4 Å². The summed E-state index contributed by atoms with van der Waals surface area (Å²) in [5, 5.41) is 11.3. The first-order valence-corrected chi connectivity index (χ1v) is 9.56. The van der Waals surface area contributed by atoms with Crippen LogP contribution in [0.1, 0.15) is 0 Å². The third kappa shape index (κ3) is 5.00. The quantitative estimate of drug-likeness (QED) is 0.441. The average Bonchev–Trinajstić information content (AvgIpc) is 3.11. The van der Waals surface area contributed by atoms with Crippen LogP contribution in [-0.4, -0.2) is 33.5 Å². The van der Waals surface area contributed by atoms with Crippen molar-refractivity contribution in [2.24, 2.45) is 0 Å². The van der Waals surface area contributed by atoms with E-state index in [1.165, 1.54) is 6.07 Å². The second-order valence-electron chi connectivity index (χ2n) is 5.90. The van der Waals surface area contributed by atoms with Crippen LogP contribution in [0.15, 0.2) is 60.3 Å². The number of thioether (sulfide) groups is 1. The lowest BCUT2D eigenvalue weighted by atomic mass is 10.2. The number of carbonyl (C=O) groups is 1. The molecule has 3 rings (SSSR count). The van der Waals surface area contributed by atoms with Gasteiger partial charge < -0.3 is 10.1 Å². The highest BCUT2D eigenvalue weighted by atomic mass is 32.2. The van der Waals surface area contributed by atoms with E-state index in [9.17, 15) is 13.6 Å². The maximum atomic E-state index is 13.7. The first kappa shape index (κ1) is 20.5. The van der Waals surface area contributed by atoms with Crippen molar-refractivity contribution in [2.75, 3.05) is 18.2 Å². The summed E-state index contributed by atoms with van der Waals surface area (Å²) in [5.41, 5.74) is 0.727. The molecule has 1 amide bonds. The molecular weight excluding hydrogens is 398 g/mol. The molecule has 0 saturated heterocycles. The van der Waals surface area contributed by atoms with Gasteiger partial charge in [0.25, 0.3) is 0 Å². The number of nitrogens with zero attached hydrogens (tertiary/aromatic N) is 3. The van der Waals surface area contributed by atoms with Crippen molar-refractivity contribution in [3.05, 3.63) is 66.8 Å². The fourth-order valence-electron chi connectivity index (χ4n) is 2.57. The molecule has 9 heteroatoms. The van der Waals surface area contributed by atoms with Gasteiger partial charge in [-0.15, -0.1) is 16.8 Å². The van der Waals surface area contributed by atoms with E-state index >= 15 is 0 Å². The number of aromatic nitrogens is 3. The Bertz CT molecular complexity index is 1040. The van der Waals surface area contributed by atoms with Crippen molar-refractivity contribution in [3.63, 3.8) is 0 Å². The molecule has 0 fully saturated rings. The summed E-state index contributed by atoms with van der Waals surface area (Å²) in [4.78, 5) is 12.2. The van der Waals surface area contributed by atoms with Gasteiger partial charge in [-0.3, -0.25) is 9.36 Å². The molecule has 0 bridgehead atoms. The number of amides is 1. The van der Waals surface area contributed by atoms with Crippen LogP contribution in [0, 0.1) is 11.6 Å². The number of hydrogen-bond donors (Lipinski definition) is 1. The summed E-state index contributed by atoms with van der Waals surface area (Å²) in [6, 6.07) is 10.3. The molecule has 1 heterocycles. The van der Waals surface area contributed by atoms with E-state index in [2.05, 4.69) is 22.1 Å². The van der Waals surface area contributed by atoms with Gasteiger partial charge in [0, 0.05) is 18.2 Å². The van der Waals surface area contributed by atoms with Crippen LogP contribution in [0.2, 0.25) is 0 Å². The molecule has 0 aliphatic heterocycles. The molecule has 150 valence electrons. The van der Waals surface area contributed by atoms with Gasteiger partial charge in [-0.05, 0) is 24.3 Å². The zero-order valence-corrected chi connectivity index (χ0v) is 16.4. The Balaban J connectivity index is 1.74. The molecule has 0 saturated carbocycles. The van der Waals surface area contributed by atoms with E-state index in [0.29, 0.717) is 29.3 Å². The van der Waals surface area contributed by atoms with Crippen LogP contribution in [0.3, 0.4) is 0 Å². The minimum Gasteiger partial charge on any atom is -0.497 e. The van der Waals surface area contributed by atoms with Gasteiger partial charge in [0.05, 0.1) is 18.6 Å². The molecule has 0 radical (unpaired) electrons. The van der Waals surface area contributed by atoms with Gasteiger partial charge in [-0.25, -0.2) is 8.78 Å². The number of nitrogens with one attached hydrogen (secondary N) is 1. The summed E-state index contributed by atoms with van der Waals surface area (Å²) < 4.78 is 33.7. The van der Waals surface area contributed by atoms with Crippen molar-refractivity contribution < 1.29 is 18.3 Å². The normalized spacial score (nSPS) is 10.6. The Morgan fingerprint density at radius 3 is 2.83 bits per heavy atom. The van der Waals surface area contributed by atoms with Crippen molar-refractivity contribution in [3.8, 4) is 17.1 Å². The number of halogens is 2. The molecule has 0 spiro atoms. The number of anilines is 1. The maximum absolute atomic E-state index is 13.7. The van der Waals surface area contributed by atoms with E-state index in [1.54, 1.807) is 13.2 Å². The number of methoxy groups -OCH3 is 1. The van der Waals surface area contributed by atoms with Crippen LogP contribution in [0.25, 0.3) is 11.4 Å². The Kier molecular flexibility index (Phi) is 6.61. The smallest absolute Gasteiger partial charge is 0.234 e. The molecule has 6 nitrogen and oxygen atoms in total. The van der Waals surface area contributed by atoms with Gasteiger partial charge in [0.15, 0.2) is 11.0 Å². The van der Waals surface area contributed by atoms with Crippen LogP contribution in [0.5, 0.6) is 5.75 Å². The number of carbonyl (C=O) groups excluding carboxylic acids is 1. The predicted molar refractivity (Wildman–Crippen MR) is 108 cm³/mol. The second kappa shape index (κ2) is 9.33. The zero-order chi connectivity index (χ0) is 20.8. The first-order valence-electron chi connectivity index (χ1n) is 8.58. The van der Waals surface area contributed by atoms with Gasteiger partial charge in [-0.2, -0.15) is 0 Å². The molecule has 2 aromatic carbocycles. The Morgan fingerprint density at radius 1 is 1.28 bits per heavy atom. The topological polar surface area (TPSA) is 69.0 Å². The Morgan fingerprint density at radius 2 is 2.10 bits per heavy atom. The molecule has 0 unspecified atom stereocenters. The highest BCUT2D eigenvalue weighted by Gasteiger charge is 2.16. The first-order chi connectivity index (χ1) is 14.0. The fourth-order valence-corrected chi connectivity index (χ4v) is 3.32. The van der Waals surface area contributed by atoms with E-state index in [-0.39, 0.29) is 11.4 Å². The third-order valence-corrected chi connectivity index (χ3v) is 4.86. The molecular formula is C20H18F2N4O2S. The minimum absolute atomic E-state index is 0.0236. The Hall–Kier alpha value is -3.20. The van der Waals surface area contributed by atoms with Crippen LogP contribution in [-0.2, 0) is 11.3 Å². The summed E-state index contributed by atoms with van der Waals surface area (Å²) in [7, 11) is 1.58. The molecule has 3 aromatic rings. The van der Waals surface area contributed by atoms with E-state index < -0.39 is 17.5 Å². The highest BCUT2D eigenvalue weighted by Crippen LogP contribution is 2.27. The van der Waals surface area contributed by atoms with E-state index in [1.807, 2.05) is 28.8 Å². The summed E-state index contributed by atoms with van der Waals surface area (Å²) in [6.45, 7) is 4.19. The standard InChI is InChI=1S/C20H18F2N4O2S/c1-3-9-26-19(13-5-4-6-15(10-13)28-2)24-25-20(26)29-12-18(27)23-17-8-7-14(21)11-16(17)22/h3-8,10-11H,1,9,12H2,2H3,(H,23,27). The number of rotatable bonds is 8. The highest BCUT2D eigenvalue weighted by molar-refractivity contribution is 7.99. The lowest BCUT2D eigenvalue weighted by Gasteiger charge is -2.09.